The molecule has 0 saturated carbocycles. The van der Waals surface area contributed by atoms with E-state index in [1.165, 1.54) is 11.8 Å². The number of esters is 1. The Morgan fingerprint density at radius 3 is 2.56 bits per heavy atom. The Bertz CT molecular complexity index is 849. The zero-order valence-corrected chi connectivity index (χ0v) is 14.8. The average molecular weight is 354 g/mol. The molecule has 1 aromatic heterocycles. The lowest BCUT2D eigenvalue weighted by Gasteiger charge is -2.13. The highest BCUT2D eigenvalue weighted by Gasteiger charge is 2.26. The first-order valence-electron chi connectivity index (χ1n) is 7.96. The summed E-state index contributed by atoms with van der Waals surface area (Å²) in [5, 5.41) is 7.97. The quantitative estimate of drug-likeness (QED) is 0.481. The molecule has 0 radical (unpaired) electrons. The molecule has 0 spiro atoms. The van der Waals surface area contributed by atoms with Gasteiger partial charge in [0.25, 0.3) is 5.22 Å². The summed E-state index contributed by atoms with van der Waals surface area (Å²) in [6.07, 6.45) is 0. The zero-order chi connectivity index (χ0) is 17.6. The van der Waals surface area contributed by atoms with Gasteiger partial charge in [0, 0.05) is 5.56 Å². The Morgan fingerprint density at radius 2 is 1.84 bits per heavy atom. The van der Waals surface area contributed by atoms with Gasteiger partial charge in [-0.3, -0.25) is 4.79 Å². The van der Waals surface area contributed by atoms with Crippen LogP contribution in [0.15, 0.2) is 64.2 Å². The summed E-state index contributed by atoms with van der Waals surface area (Å²) in [5.74, 6) is 0.116. The number of nitrogens with zero attached hydrogens (tertiary/aromatic N) is 2. The lowest BCUT2D eigenvalue weighted by atomic mass is 10.1. The van der Waals surface area contributed by atoms with Crippen molar-refractivity contribution in [1.29, 1.82) is 0 Å². The fourth-order valence-corrected chi connectivity index (χ4v) is 3.25. The van der Waals surface area contributed by atoms with E-state index in [1.54, 1.807) is 6.92 Å². The highest BCUT2D eigenvalue weighted by atomic mass is 32.2. The lowest BCUT2D eigenvalue weighted by Crippen LogP contribution is -2.13. The SMILES string of the molecule is CCOC(=O)[C@@H](Sc1nnc(-c2ccccc2C)o1)c1ccccc1. The maximum absolute atomic E-state index is 12.3. The van der Waals surface area contributed by atoms with E-state index in [0.29, 0.717) is 17.7 Å². The van der Waals surface area contributed by atoms with Crippen LogP contribution in [0.4, 0.5) is 0 Å². The van der Waals surface area contributed by atoms with Crippen LogP contribution in [0.5, 0.6) is 0 Å². The summed E-state index contributed by atoms with van der Waals surface area (Å²) in [6, 6.07) is 17.2. The third-order valence-electron chi connectivity index (χ3n) is 3.60. The zero-order valence-electron chi connectivity index (χ0n) is 14.0. The molecule has 3 aromatic rings. The number of hydrogen-bond donors (Lipinski definition) is 0. The van der Waals surface area contributed by atoms with Gasteiger partial charge in [0.15, 0.2) is 0 Å². The summed E-state index contributed by atoms with van der Waals surface area (Å²) < 4.78 is 11.0. The maximum Gasteiger partial charge on any atom is 0.324 e. The van der Waals surface area contributed by atoms with Crippen LogP contribution in [0.2, 0.25) is 0 Å². The summed E-state index contributed by atoms with van der Waals surface area (Å²) in [7, 11) is 0. The second-order valence-corrected chi connectivity index (χ2v) is 6.41. The van der Waals surface area contributed by atoms with E-state index in [4.69, 9.17) is 9.15 Å². The van der Waals surface area contributed by atoms with Crippen LogP contribution < -0.4 is 0 Å². The van der Waals surface area contributed by atoms with Gasteiger partial charge in [0.1, 0.15) is 5.25 Å². The molecule has 25 heavy (non-hydrogen) atoms. The van der Waals surface area contributed by atoms with Gasteiger partial charge < -0.3 is 9.15 Å². The topological polar surface area (TPSA) is 65.2 Å². The minimum atomic E-state index is -0.550. The minimum Gasteiger partial charge on any atom is -0.465 e. The molecule has 0 aliphatic carbocycles. The van der Waals surface area contributed by atoms with Gasteiger partial charge >= 0.3 is 5.97 Å². The number of rotatable bonds is 6. The second kappa shape index (κ2) is 7.98. The van der Waals surface area contributed by atoms with Crippen molar-refractivity contribution in [3.63, 3.8) is 0 Å². The van der Waals surface area contributed by atoms with E-state index in [2.05, 4.69) is 10.2 Å². The van der Waals surface area contributed by atoms with Crippen LogP contribution >= 0.6 is 11.8 Å². The molecule has 0 N–H and O–H groups in total. The number of aryl methyl sites for hydroxylation is 1. The number of carbonyl (C=O) groups is 1. The standard InChI is InChI=1S/C19H18N2O3S/c1-3-23-18(22)16(14-10-5-4-6-11-14)25-19-21-20-17(24-19)15-12-8-7-9-13(15)2/h4-12,16H,3H2,1-2H3/t16-/m0/s1. The van der Waals surface area contributed by atoms with Crippen molar-refractivity contribution in [1.82, 2.24) is 10.2 Å². The molecule has 0 aliphatic heterocycles. The third kappa shape index (κ3) is 4.09. The van der Waals surface area contributed by atoms with Gasteiger partial charge in [-0.25, -0.2) is 0 Å². The molecule has 1 heterocycles. The van der Waals surface area contributed by atoms with Crippen molar-refractivity contribution in [3.8, 4) is 11.5 Å². The van der Waals surface area contributed by atoms with E-state index in [1.807, 2.05) is 61.5 Å². The molecule has 0 unspecified atom stereocenters. The summed E-state index contributed by atoms with van der Waals surface area (Å²) >= 11 is 1.20. The van der Waals surface area contributed by atoms with Gasteiger partial charge in [0.2, 0.25) is 5.89 Å². The molecule has 6 heteroatoms. The Kier molecular flexibility index (Phi) is 5.50. The molecular formula is C19H18N2O3S. The maximum atomic E-state index is 12.3. The number of carbonyl (C=O) groups excluding carboxylic acids is 1. The summed E-state index contributed by atoms with van der Waals surface area (Å²) in [4.78, 5) is 12.3. The van der Waals surface area contributed by atoms with E-state index in [0.717, 1.165) is 16.7 Å². The number of hydrogen-bond acceptors (Lipinski definition) is 6. The van der Waals surface area contributed by atoms with Crippen LogP contribution in [-0.4, -0.2) is 22.8 Å². The average Bonchev–Trinajstić information content (AvgIpc) is 3.09. The largest absolute Gasteiger partial charge is 0.465 e. The fraction of sp³-hybridized carbons (Fsp3) is 0.211. The number of ether oxygens (including phenoxy) is 1. The van der Waals surface area contributed by atoms with E-state index >= 15 is 0 Å². The molecule has 1 atom stereocenters. The molecule has 0 fully saturated rings. The van der Waals surface area contributed by atoms with Crippen LogP contribution in [0, 0.1) is 6.92 Å². The first kappa shape index (κ1) is 17.2. The molecule has 128 valence electrons. The monoisotopic (exact) mass is 354 g/mol. The smallest absolute Gasteiger partial charge is 0.324 e. The van der Waals surface area contributed by atoms with Gasteiger partial charge in [-0.1, -0.05) is 48.5 Å². The Hall–Kier alpha value is -2.60. The normalized spacial score (nSPS) is 11.9. The number of benzene rings is 2. The summed E-state index contributed by atoms with van der Waals surface area (Å²) in [6.45, 7) is 4.09. The molecule has 0 aliphatic rings. The van der Waals surface area contributed by atoms with Crippen molar-refractivity contribution in [2.24, 2.45) is 0 Å². The number of thioether (sulfide) groups is 1. The highest BCUT2D eigenvalue weighted by molar-refractivity contribution is 8.00. The van der Waals surface area contributed by atoms with Crippen molar-refractivity contribution in [2.75, 3.05) is 6.61 Å². The van der Waals surface area contributed by atoms with Crippen LogP contribution in [-0.2, 0) is 9.53 Å². The van der Waals surface area contributed by atoms with Crippen LogP contribution in [0.1, 0.15) is 23.3 Å². The van der Waals surface area contributed by atoms with Crippen molar-refractivity contribution < 1.29 is 13.9 Å². The third-order valence-corrected chi connectivity index (χ3v) is 4.67. The molecule has 0 amide bonds. The van der Waals surface area contributed by atoms with Crippen molar-refractivity contribution in [2.45, 2.75) is 24.3 Å². The van der Waals surface area contributed by atoms with E-state index < -0.39 is 5.25 Å². The van der Waals surface area contributed by atoms with Crippen molar-refractivity contribution >= 4 is 17.7 Å². The van der Waals surface area contributed by atoms with Gasteiger partial charge in [-0.05, 0) is 42.8 Å². The Morgan fingerprint density at radius 1 is 1.12 bits per heavy atom. The summed E-state index contributed by atoms with van der Waals surface area (Å²) in [5.41, 5.74) is 2.77. The molecule has 2 aromatic carbocycles. The second-order valence-electron chi connectivity index (χ2n) is 5.35. The van der Waals surface area contributed by atoms with E-state index in [9.17, 15) is 4.79 Å². The molecule has 0 saturated heterocycles. The van der Waals surface area contributed by atoms with Gasteiger partial charge in [0.05, 0.1) is 6.61 Å². The highest BCUT2D eigenvalue weighted by Crippen LogP contribution is 2.36. The molecule has 5 nitrogen and oxygen atoms in total. The first-order chi connectivity index (χ1) is 12.2. The molecule has 0 bridgehead atoms. The van der Waals surface area contributed by atoms with Crippen LogP contribution in [0.25, 0.3) is 11.5 Å². The van der Waals surface area contributed by atoms with E-state index in [-0.39, 0.29) is 5.97 Å². The predicted octanol–water partition coefficient (Wildman–Crippen LogP) is 4.44. The Labute approximate surface area is 150 Å². The van der Waals surface area contributed by atoms with Gasteiger partial charge in [-0.2, -0.15) is 0 Å². The van der Waals surface area contributed by atoms with Crippen LogP contribution in [0.3, 0.4) is 0 Å². The Balaban J connectivity index is 1.86. The van der Waals surface area contributed by atoms with Crippen molar-refractivity contribution in [3.05, 3.63) is 65.7 Å². The first-order valence-corrected chi connectivity index (χ1v) is 8.84. The predicted molar refractivity (Wildman–Crippen MR) is 96.1 cm³/mol. The number of aromatic nitrogens is 2. The molecular weight excluding hydrogens is 336 g/mol. The fourth-order valence-electron chi connectivity index (χ4n) is 2.38. The molecule has 3 rings (SSSR count). The van der Waals surface area contributed by atoms with Gasteiger partial charge in [-0.15, -0.1) is 10.2 Å². The lowest BCUT2D eigenvalue weighted by molar-refractivity contribution is -0.142. The minimum absolute atomic E-state index is 0.320.